The van der Waals surface area contributed by atoms with Gasteiger partial charge in [-0.05, 0) is 44.2 Å². The summed E-state index contributed by atoms with van der Waals surface area (Å²) in [6, 6.07) is 8.25. The average Bonchev–Trinajstić information content (AvgIpc) is 3.21. The Hall–Kier alpha value is -2.01. The molecule has 1 aliphatic heterocycles. The average molecular weight is 315 g/mol. The number of aromatic nitrogens is 1. The number of para-hydroxylation sites is 1. The van der Waals surface area contributed by atoms with E-state index in [1.54, 1.807) is 0 Å². The highest BCUT2D eigenvalue weighted by atomic mass is 16.5. The minimum atomic E-state index is -0.105. The summed E-state index contributed by atoms with van der Waals surface area (Å²) >= 11 is 0. The molecule has 1 aromatic carbocycles. The highest BCUT2D eigenvalue weighted by Gasteiger charge is 2.23. The third kappa shape index (κ3) is 4.05. The van der Waals surface area contributed by atoms with E-state index < -0.39 is 0 Å². The van der Waals surface area contributed by atoms with Gasteiger partial charge in [0.05, 0.1) is 12.1 Å². The van der Waals surface area contributed by atoms with E-state index in [-0.39, 0.29) is 18.2 Å². The zero-order valence-electron chi connectivity index (χ0n) is 13.6. The summed E-state index contributed by atoms with van der Waals surface area (Å²) in [5, 5.41) is 7.16. The molecule has 1 aliphatic rings. The lowest BCUT2D eigenvalue weighted by Gasteiger charge is -2.20. The normalized spacial score (nSPS) is 18.9. The maximum atomic E-state index is 11.9. The molecule has 0 saturated carbocycles. The number of H-pyrrole nitrogens is 1. The first-order valence-electron chi connectivity index (χ1n) is 8.45. The molecule has 3 rings (SSSR count). The van der Waals surface area contributed by atoms with Gasteiger partial charge in [-0.3, -0.25) is 0 Å². The number of ether oxygens (including phenoxy) is 1. The van der Waals surface area contributed by atoms with Crippen LogP contribution in [0.3, 0.4) is 0 Å². The van der Waals surface area contributed by atoms with Crippen LogP contribution in [0.4, 0.5) is 4.79 Å². The van der Waals surface area contributed by atoms with Crippen molar-refractivity contribution < 1.29 is 9.53 Å². The zero-order valence-corrected chi connectivity index (χ0v) is 13.6. The van der Waals surface area contributed by atoms with Crippen LogP contribution >= 0.6 is 0 Å². The number of aromatic amines is 1. The fourth-order valence-electron chi connectivity index (χ4n) is 3.17. The monoisotopic (exact) mass is 315 g/mol. The molecule has 0 spiro atoms. The summed E-state index contributed by atoms with van der Waals surface area (Å²) in [6.07, 6.45) is 6.21. The second-order valence-electron chi connectivity index (χ2n) is 6.20. The predicted octanol–water partition coefficient (Wildman–Crippen LogP) is 2.97. The van der Waals surface area contributed by atoms with Crippen LogP contribution in [-0.4, -0.2) is 36.3 Å². The third-order valence-corrected chi connectivity index (χ3v) is 4.46. The molecule has 23 heavy (non-hydrogen) atoms. The Bertz CT molecular complexity index is 647. The maximum absolute atomic E-state index is 11.9. The van der Waals surface area contributed by atoms with Gasteiger partial charge in [-0.15, -0.1) is 0 Å². The van der Waals surface area contributed by atoms with Crippen LogP contribution in [0.25, 0.3) is 10.9 Å². The van der Waals surface area contributed by atoms with Crippen LogP contribution in [0.1, 0.15) is 31.7 Å². The molecule has 2 atom stereocenters. The molecule has 1 saturated heterocycles. The molecule has 2 amide bonds. The zero-order chi connectivity index (χ0) is 16.1. The summed E-state index contributed by atoms with van der Waals surface area (Å²) in [7, 11) is 0. The number of hydrogen-bond donors (Lipinski definition) is 3. The van der Waals surface area contributed by atoms with Crippen molar-refractivity contribution >= 4 is 16.9 Å². The molecule has 5 heteroatoms. The first kappa shape index (κ1) is 15.9. The largest absolute Gasteiger partial charge is 0.376 e. The number of aryl methyl sites for hydroxylation is 1. The van der Waals surface area contributed by atoms with Crippen LogP contribution in [0, 0.1) is 0 Å². The number of carbonyl (C=O) groups excluding carboxylic acids is 1. The van der Waals surface area contributed by atoms with Gasteiger partial charge in [0.25, 0.3) is 0 Å². The standard InChI is InChI=1S/C18H25N3O2/c1-13(17-9-5-11-23-17)21-18(22)19-10-4-6-14-12-20-16-8-3-2-7-15(14)16/h2-3,7-8,12-13,17,20H,4-6,9-11H2,1H3,(H2,19,21,22). The van der Waals surface area contributed by atoms with Gasteiger partial charge in [0.2, 0.25) is 0 Å². The van der Waals surface area contributed by atoms with Crippen LogP contribution in [-0.2, 0) is 11.2 Å². The van der Waals surface area contributed by atoms with Crippen molar-refractivity contribution in [1.82, 2.24) is 15.6 Å². The Morgan fingerprint density at radius 3 is 3.13 bits per heavy atom. The minimum absolute atomic E-state index is 0.0612. The van der Waals surface area contributed by atoms with Gasteiger partial charge in [0.15, 0.2) is 0 Å². The number of hydrogen-bond acceptors (Lipinski definition) is 2. The number of benzene rings is 1. The lowest BCUT2D eigenvalue weighted by Crippen LogP contribution is -2.46. The van der Waals surface area contributed by atoms with E-state index >= 15 is 0 Å². The Morgan fingerprint density at radius 1 is 1.43 bits per heavy atom. The number of rotatable bonds is 6. The van der Waals surface area contributed by atoms with E-state index in [1.165, 1.54) is 16.5 Å². The predicted molar refractivity (Wildman–Crippen MR) is 91.6 cm³/mol. The third-order valence-electron chi connectivity index (χ3n) is 4.46. The Balaban J connectivity index is 1.38. The second-order valence-corrected chi connectivity index (χ2v) is 6.20. The quantitative estimate of drug-likeness (QED) is 0.718. The molecular weight excluding hydrogens is 290 g/mol. The van der Waals surface area contributed by atoms with Crippen molar-refractivity contribution in [2.75, 3.05) is 13.2 Å². The Kier molecular flexibility index (Phi) is 5.18. The van der Waals surface area contributed by atoms with E-state index in [0.717, 1.165) is 32.3 Å². The number of amides is 2. The lowest BCUT2D eigenvalue weighted by molar-refractivity contribution is 0.0860. The molecule has 1 fully saturated rings. The first-order valence-corrected chi connectivity index (χ1v) is 8.45. The van der Waals surface area contributed by atoms with Crippen molar-refractivity contribution in [1.29, 1.82) is 0 Å². The number of fused-ring (bicyclic) bond motifs is 1. The summed E-state index contributed by atoms with van der Waals surface area (Å²) in [5.41, 5.74) is 2.47. The highest BCUT2D eigenvalue weighted by molar-refractivity contribution is 5.83. The fraction of sp³-hybridized carbons (Fsp3) is 0.500. The van der Waals surface area contributed by atoms with Crippen molar-refractivity contribution in [3.8, 4) is 0 Å². The van der Waals surface area contributed by atoms with Crippen LogP contribution in [0.2, 0.25) is 0 Å². The van der Waals surface area contributed by atoms with E-state index in [9.17, 15) is 4.79 Å². The molecule has 124 valence electrons. The molecule has 0 radical (unpaired) electrons. The molecule has 2 aromatic rings. The second kappa shape index (κ2) is 7.51. The minimum Gasteiger partial charge on any atom is -0.376 e. The van der Waals surface area contributed by atoms with Crippen molar-refractivity contribution in [3.05, 3.63) is 36.0 Å². The van der Waals surface area contributed by atoms with Gasteiger partial charge in [-0.25, -0.2) is 4.79 Å². The Labute approximate surface area is 136 Å². The smallest absolute Gasteiger partial charge is 0.315 e. The molecule has 0 bridgehead atoms. The van der Waals surface area contributed by atoms with Gasteiger partial charge in [-0.1, -0.05) is 18.2 Å². The maximum Gasteiger partial charge on any atom is 0.315 e. The van der Waals surface area contributed by atoms with E-state index in [0.29, 0.717) is 6.54 Å². The molecule has 5 nitrogen and oxygen atoms in total. The van der Waals surface area contributed by atoms with Crippen LogP contribution in [0.5, 0.6) is 0 Å². The molecule has 2 heterocycles. The number of carbonyl (C=O) groups is 1. The van der Waals surface area contributed by atoms with Gasteiger partial charge < -0.3 is 20.4 Å². The first-order chi connectivity index (χ1) is 11.2. The van der Waals surface area contributed by atoms with E-state index in [1.807, 2.05) is 13.0 Å². The van der Waals surface area contributed by atoms with Crippen molar-refractivity contribution in [3.63, 3.8) is 0 Å². The molecule has 1 aromatic heterocycles. The van der Waals surface area contributed by atoms with Gasteiger partial charge >= 0.3 is 6.03 Å². The molecule has 0 aliphatic carbocycles. The molecule has 3 N–H and O–H groups in total. The van der Waals surface area contributed by atoms with Crippen LogP contribution in [0.15, 0.2) is 30.5 Å². The van der Waals surface area contributed by atoms with E-state index in [2.05, 4.69) is 40.0 Å². The summed E-state index contributed by atoms with van der Waals surface area (Å²) in [4.78, 5) is 15.2. The summed E-state index contributed by atoms with van der Waals surface area (Å²) in [5.74, 6) is 0. The molecule has 2 unspecified atom stereocenters. The van der Waals surface area contributed by atoms with Crippen LogP contribution < -0.4 is 10.6 Å². The van der Waals surface area contributed by atoms with Gasteiger partial charge in [-0.2, -0.15) is 0 Å². The highest BCUT2D eigenvalue weighted by Crippen LogP contribution is 2.18. The lowest BCUT2D eigenvalue weighted by atomic mass is 10.1. The fourth-order valence-corrected chi connectivity index (χ4v) is 3.17. The number of urea groups is 1. The van der Waals surface area contributed by atoms with Crippen molar-refractivity contribution in [2.24, 2.45) is 0 Å². The molecular formula is C18H25N3O2. The Morgan fingerprint density at radius 2 is 2.30 bits per heavy atom. The summed E-state index contributed by atoms with van der Waals surface area (Å²) in [6.45, 7) is 3.48. The van der Waals surface area contributed by atoms with E-state index in [4.69, 9.17) is 4.74 Å². The topological polar surface area (TPSA) is 66.2 Å². The SMILES string of the molecule is CC(NC(=O)NCCCc1c[nH]c2ccccc12)C1CCCO1. The summed E-state index contributed by atoms with van der Waals surface area (Å²) < 4.78 is 5.59. The van der Waals surface area contributed by atoms with Crippen molar-refractivity contribution in [2.45, 2.75) is 44.8 Å². The number of nitrogens with one attached hydrogen (secondary N) is 3. The van der Waals surface area contributed by atoms with Gasteiger partial charge in [0, 0.05) is 30.3 Å². The van der Waals surface area contributed by atoms with Gasteiger partial charge in [0.1, 0.15) is 0 Å².